The Morgan fingerprint density at radius 3 is 2.79 bits per heavy atom. The first-order valence-electron chi connectivity index (χ1n) is 5.26. The summed E-state index contributed by atoms with van der Waals surface area (Å²) >= 11 is 0. The highest BCUT2D eigenvalue weighted by Crippen LogP contribution is 2.16. The summed E-state index contributed by atoms with van der Waals surface area (Å²) in [5.41, 5.74) is 9.11. The van der Waals surface area contributed by atoms with E-state index in [0.29, 0.717) is 11.3 Å². The number of nitriles is 1. The number of hydrogen-bond acceptors (Lipinski definition) is 6. The van der Waals surface area contributed by atoms with E-state index in [1.807, 2.05) is 0 Å². The molecular weight excluding hydrogens is 246 g/mol. The van der Waals surface area contributed by atoms with Crippen LogP contribution in [0.15, 0.2) is 23.3 Å². The van der Waals surface area contributed by atoms with E-state index in [4.69, 9.17) is 16.4 Å². The summed E-state index contributed by atoms with van der Waals surface area (Å²) < 4.78 is 4.65. The fraction of sp³-hybridized carbons (Fsp3) is 0.167. The molecular formula is C12H13N5O2. The SMILES string of the molecule is COC(=O)c1cc(N/N=C(\C#N)C(=N)N)ccc1C. The molecule has 0 saturated heterocycles. The van der Waals surface area contributed by atoms with Crippen LogP contribution in [0.1, 0.15) is 15.9 Å². The number of amidine groups is 1. The normalized spacial score (nSPS) is 10.5. The zero-order valence-corrected chi connectivity index (χ0v) is 10.5. The molecule has 0 bridgehead atoms. The van der Waals surface area contributed by atoms with Gasteiger partial charge in [-0.1, -0.05) is 6.07 Å². The Morgan fingerprint density at radius 1 is 1.58 bits per heavy atom. The van der Waals surface area contributed by atoms with E-state index < -0.39 is 11.8 Å². The molecule has 0 atom stereocenters. The fourth-order valence-electron chi connectivity index (χ4n) is 1.29. The minimum absolute atomic E-state index is 0.236. The monoisotopic (exact) mass is 259 g/mol. The third-order valence-electron chi connectivity index (χ3n) is 2.30. The van der Waals surface area contributed by atoms with E-state index >= 15 is 0 Å². The summed E-state index contributed by atoms with van der Waals surface area (Å²) in [4.78, 5) is 11.5. The molecule has 0 unspecified atom stereocenters. The smallest absolute Gasteiger partial charge is 0.338 e. The van der Waals surface area contributed by atoms with Crippen LogP contribution >= 0.6 is 0 Å². The second kappa shape index (κ2) is 6.16. The second-order valence-corrected chi connectivity index (χ2v) is 3.62. The number of benzene rings is 1. The van der Waals surface area contributed by atoms with Gasteiger partial charge in [-0.3, -0.25) is 10.8 Å². The van der Waals surface area contributed by atoms with Crippen LogP contribution in [0.2, 0.25) is 0 Å². The number of nitrogens with two attached hydrogens (primary N) is 1. The molecule has 0 spiro atoms. The van der Waals surface area contributed by atoms with E-state index in [1.54, 1.807) is 31.2 Å². The van der Waals surface area contributed by atoms with Crippen molar-refractivity contribution in [3.05, 3.63) is 29.3 Å². The minimum atomic E-state index is -0.461. The predicted octanol–water partition coefficient (Wildman–Crippen LogP) is 1.01. The lowest BCUT2D eigenvalue weighted by Crippen LogP contribution is -2.21. The highest BCUT2D eigenvalue weighted by Gasteiger charge is 2.10. The van der Waals surface area contributed by atoms with E-state index in [9.17, 15) is 4.79 Å². The zero-order chi connectivity index (χ0) is 14.4. The summed E-state index contributed by atoms with van der Waals surface area (Å²) in [7, 11) is 1.30. The summed E-state index contributed by atoms with van der Waals surface area (Å²) in [6, 6.07) is 6.61. The lowest BCUT2D eigenvalue weighted by molar-refractivity contribution is 0.0600. The molecule has 0 fully saturated rings. The van der Waals surface area contributed by atoms with E-state index in [0.717, 1.165) is 5.56 Å². The Kier molecular flexibility index (Phi) is 4.60. The maximum atomic E-state index is 11.5. The molecule has 0 aliphatic heterocycles. The third kappa shape index (κ3) is 3.54. The Bertz CT molecular complexity index is 586. The number of hydrogen-bond donors (Lipinski definition) is 3. The number of nitrogens with one attached hydrogen (secondary N) is 2. The fourth-order valence-corrected chi connectivity index (χ4v) is 1.29. The van der Waals surface area contributed by atoms with Gasteiger partial charge in [0.2, 0.25) is 5.71 Å². The molecule has 0 amide bonds. The molecule has 1 aromatic carbocycles. The molecule has 4 N–H and O–H groups in total. The molecule has 7 nitrogen and oxygen atoms in total. The average Bonchev–Trinajstić information content (AvgIpc) is 2.40. The molecule has 98 valence electrons. The van der Waals surface area contributed by atoms with Gasteiger partial charge < -0.3 is 10.5 Å². The summed E-state index contributed by atoms with van der Waals surface area (Å²) in [5, 5.41) is 19.5. The zero-order valence-electron chi connectivity index (χ0n) is 10.5. The van der Waals surface area contributed by atoms with E-state index in [2.05, 4.69) is 15.3 Å². The number of esters is 1. The van der Waals surface area contributed by atoms with Crippen molar-refractivity contribution >= 4 is 23.2 Å². The molecule has 0 radical (unpaired) electrons. The predicted molar refractivity (Wildman–Crippen MR) is 71.1 cm³/mol. The first kappa shape index (κ1) is 14.2. The molecule has 0 saturated carbocycles. The maximum Gasteiger partial charge on any atom is 0.338 e. The lowest BCUT2D eigenvalue weighted by atomic mass is 10.1. The van der Waals surface area contributed by atoms with Crippen molar-refractivity contribution in [3.63, 3.8) is 0 Å². The maximum absolute atomic E-state index is 11.5. The number of carbonyl (C=O) groups is 1. The highest BCUT2D eigenvalue weighted by atomic mass is 16.5. The van der Waals surface area contributed by atoms with Gasteiger partial charge in [0.1, 0.15) is 6.07 Å². The van der Waals surface area contributed by atoms with E-state index in [1.165, 1.54) is 7.11 Å². The van der Waals surface area contributed by atoms with Crippen LogP contribution in [0.4, 0.5) is 5.69 Å². The molecule has 7 heteroatoms. The lowest BCUT2D eigenvalue weighted by Gasteiger charge is -2.07. The largest absolute Gasteiger partial charge is 0.465 e. The highest BCUT2D eigenvalue weighted by molar-refractivity contribution is 6.45. The van der Waals surface area contributed by atoms with Gasteiger partial charge >= 0.3 is 5.97 Å². The number of ether oxygens (including phenoxy) is 1. The third-order valence-corrected chi connectivity index (χ3v) is 2.30. The average molecular weight is 259 g/mol. The molecule has 0 aliphatic carbocycles. The number of aryl methyl sites for hydroxylation is 1. The Hall–Kier alpha value is -2.88. The number of rotatable bonds is 4. The number of methoxy groups -OCH3 is 1. The molecule has 1 aromatic rings. The number of anilines is 1. The number of carbonyl (C=O) groups excluding carboxylic acids is 1. The Morgan fingerprint density at radius 2 is 2.26 bits per heavy atom. The standard InChI is InChI=1S/C12H13N5O2/c1-7-3-4-8(5-9(7)12(18)19-2)16-17-10(6-13)11(14)15/h3-5,16H,1-2H3,(H3,14,15)/b17-10+. The summed E-state index contributed by atoms with van der Waals surface area (Å²) in [5.74, 6) is -0.896. The second-order valence-electron chi connectivity index (χ2n) is 3.62. The molecule has 1 rings (SSSR count). The summed E-state index contributed by atoms with van der Waals surface area (Å²) in [6.45, 7) is 1.77. The van der Waals surface area contributed by atoms with E-state index in [-0.39, 0.29) is 5.71 Å². The van der Waals surface area contributed by atoms with Crippen molar-refractivity contribution in [2.24, 2.45) is 10.8 Å². The topological polar surface area (TPSA) is 124 Å². The van der Waals surface area contributed by atoms with Crippen molar-refractivity contribution in [3.8, 4) is 6.07 Å². The first-order valence-corrected chi connectivity index (χ1v) is 5.26. The first-order chi connectivity index (χ1) is 8.99. The van der Waals surface area contributed by atoms with Gasteiger partial charge in [-0.2, -0.15) is 10.4 Å². The van der Waals surface area contributed by atoms with Gasteiger partial charge in [0.25, 0.3) is 0 Å². The van der Waals surface area contributed by atoms with Gasteiger partial charge in [0.05, 0.1) is 18.4 Å². The molecule has 0 aliphatic rings. The number of nitrogens with zero attached hydrogens (tertiary/aromatic N) is 2. The van der Waals surface area contributed by atoms with Crippen LogP contribution in [0.25, 0.3) is 0 Å². The van der Waals surface area contributed by atoms with Gasteiger partial charge in [-0.15, -0.1) is 0 Å². The van der Waals surface area contributed by atoms with Gasteiger partial charge in [-0.05, 0) is 24.6 Å². The molecule has 19 heavy (non-hydrogen) atoms. The van der Waals surface area contributed by atoms with Crippen LogP contribution < -0.4 is 11.2 Å². The Balaban J connectivity index is 3.02. The van der Waals surface area contributed by atoms with Crippen molar-refractivity contribution < 1.29 is 9.53 Å². The molecule has 0 aromatic heterocycles. The van der Waals surface area contributed by atoms with Gasteiger partial charge in [0.15, 0.2) is 5.84 Å². The van der Waals surface area contributed by atoms with Crippen LogP contribution in [-0.2, 0) is 4.74 Å². The van der Waals surface area contributed by atoms with Crippen molar-refractivity contribution in [1.29, 1.82) is 10.7 Å². The van der Waals surface area contributed by atoms with Gasteiger partial charge in [0, 0.05) is 0 Å². The van der Waals surface area contributed by atoms with Crippen LogP contribution in [0.3, 0.4) is 0 Å². The van der Waals surface area contributed by atoms with Crippen LogP contribution in [0.5, 0.6) is 0 Å². The van der Waals surface area contributed by atoms with Crippen molar-refractivity contribution in [2.75, 3.05) is 12.5 Å². The van der Waals surface area contributed by atoms with Crippen molar-refractivity contribution in [2.45, 2.75) is 6.92 Å². The summed E-state index contributed by atoms with van der Waals surface area (Å²) in [6.07, 6.45) is 0. The quantitative estimate of drug-likeness (QED) is 0.322. The van der Waals surface area contributed by atoms with Crippen molar-refractivity contribution in [1.82, 2.24) is 0 Å². The Labute approximate surface area is 110 Å². The minimum Gasteiger partial charge on any atom is -0.465 e. The van der Waals surface area contributed by atoms with Crippen LogP contribution in [-0.4, -0.2) is 24.6 Å². The van der Waals surface area contributed by atoms with Crippen LogP contribution in [0, 0.1) is 23.7 Å². The molecule has 0 heterocycles. The number of hydrazone groups is 1. The van der Waals surface area contributed by atoms with Gasteiger partial charge in [-0.25, -0.2) is 4.79 Å².